The summed E-state index contributed by atoms with van der Waals surface area (Å²) in [5.41, 5.74) is 9.52. The van der Waals surface area contributed by atoms with Gasteiger partial charge in [-0.05, 0) is 32.8 Å². The SMILES string of the molecule is Cc1ccc(/C(=C/NCC(=O)N[C@@H](C)C(C)/C=C(\O[C@H](C)C(O)CO)C(=O)O)N=N)cc1. The third-order valence-corrected chi connectivity index (χ3v) is 4.81. The van der Waals surface area contributed by atoms with Crippen molar-refractivity contribution in [2.45, 2.75) is 45.9 Å². The average molecular weight is 449 g/mol. The number of ether oxygens (including phenoxy) is 1. The van der Waals surface area contributed by atoms with Crippen molar-refractivity contribution in [1.29, 1.82) is 5.53 Å². The average Bonchev–Trinajstić information content (AvgIpc) is 2.76. The van der Waals surface area contributed by atoms with Gasteiger partial charge < -0.3 is 30.7 Å². The molecule has 0 spiro atoms. The molecular weight excluding hydrogens is 416 g/mol. The molecule has 4 atom stereocenters. The van der Waals surface area contributed by atoms with E-state index in [2.05, 4.69) is 15.7 Å². The van der Waals surface area contributed by atoms with Gasteiger partial charge in [-0.2, -0.15) is 5.11 Å². The second-order valence-corrected chi connectivity index (χ2v) is 7.51. The van der Waals surface area contributed by atoms with E-state index in [0.717, 1.165) is 11.1 Å². The van der Waals surface area contributed by atoms with Crippen LogP contribution in [-0.2, 0) is 14.3 Å². The molecule has 32 heavy (non-hydrogen) atoms. The number of benzene rings is 1. The molecule has 2 unspecified atom stereocenters. The second-order valence-electron chi connectivity index (χ2n) is 7.51. The Morgan fingerprint density at radius 3 is 2.38 bits per heavy atom. The lowest BCUT2D eigenvalue weighted by Gasteiger charge is -2.22. The van der Waals surface area contributed by atoms with E-state index < -0.39 is 36.7 Å². The molecule has 6 N–H and O–H groups in total. The van der Waals surface area contributed by atoms with Gasteiger partial charge in [-0.25, -0.2) is 10.3 Å². The van der Waals surface area contributed by atoms with Crippen molar-refractivity contribution in [2.24, 2.45) is 11.0 Å². The lowest BCUT2D eigenvalue weighted by Crippen LogP contribution is -2.41. The lowest BCUT2D eigenvalue weighted by atomic mass is 10.0. The summed E-state index contributed by atoms with van der Waals surface area (Å²) in [6.07, 6.45) is 0.690. The summed E-state index contributed by atoms with van der Waals surface area (Å²) >= 11 is 0. The predicted molar refractivity (Wildman–Crippen MR) is 118 cm³/mol. The quantitative estimate of drug-likeness (QED) is 0.152. The molecule has 0 saturated heterocycles. The standard InChI is InChI=1S/C22H32N4O6/c1-13-5-7-17(8-6-13)18(26-23)10-24-11-21(29)25-15(3)14(2)9-20(22(30)31)32-16(4)19(28)12-27/h5-10,14-16,19,23-24,27-28H,11-12H2,1-4H3,(H,25,29)(H,30,31)/b18-10-,20-9-,26-23?/t14?,15-,16+,19?/m0/s1. The van der Waals surface area contributed by atoms with Crippen LogP contribution >= 0.6 is 0 Å². The predicted octanol–water partition coefficient (Wildman–Crippen LogP) is 1.78. The fourth-order valence-electron chi connectivity index (χ4n) is 2.55. The van der Waals surface area contributed by atoms with E-state index in [-0.39, 0.29) is 18.2 Å². The summed E-state index contributed by atoms with van der Waals surface area (Å²) < 4.78 is 5.23. The molecule has 1 aromatic carbocycles. The minimum Gasteiger partial charge on any atom is -0.481 e. The molecule has 0 heterocycles. The molecule has 0 aromatic heterocycles. The number of hydrogen-bond acceptors (Lipinski definition) is 8. The third-order valence-electron chi connectivity index (χ3n) is 4.81. The van der Waals surface area contributed by atoms with Crippen LogP contribution in [-0.4, -0.2) is 58.6 Å². The first-order chi connectivity index (χ1) is 15.1. The Bertz CT molecular complexity index is 837. The summed E-state index contributed by atoms with van der Waals surface area (Å²) in [5.74, 6) is -2.42. The summed E-state index contributed by atoms with van der Waals surface area (Å²) in [6, 6.07) is 7.05. The highest BCUT2D eigenvalue weighted by Gasteiger charge is 2.22. The monoisotopic (exact) mass is 448 g/mol. The van der Waals surface area contributed by atoms with Crippen molar-refractivity contribution < 1.29 is 29.6 Å². The minimum absolute atomic E-state index is 0.0618. The second kappa shape index (κ2) is 13.2. The van der Waals surface area contributed by atoms with Crippen LogP contribution in [0.25, 0.3) is 5.70 Å². The van der Waals surface area contributed by atoms with E-state index in [1.54, 1.807) is 13.8 Å². The maximum atomic E-state index is 12.2. The fourth-order valence-corrected chi connectivity index (χ4v) is 2.55. The normalized spacial score (nSPS) is 15.8. The van der Waals surface area contributed by atoms with Gasteiger partial charge in [-0.3, -0.25) is 4.79 Å². The Balaban J connectivity index is 2.67. The number of aliphatic carboxylic acids is 1. The smallest absolute Gasteiger partial charge is 0.370 e. The number of carboxylic acid groups (broad SMARTS) is 1. The van der Waals surface area contributed by atoms with Crippen LogP contribution in [0.5, 0.6) is 0 Å². The van der Waals surface area contributed by atoms with Crippen molar-refractivity contribution >= 4 is 17.6 Å². The molecule has 0 fully saturated rings. The minimum atomic E-state index is -1.32. The van der Waals surface area contributed by atoms with Gasteiger partial charge in [0.2, 0.25) is 11.7 Å². The van der Waals surface area contributed by atoms with Crippen LogP contribution in [0.15, 0.2) is 47.4 Å². The number of nitrogens with one attached hydrogen (secondary N) is 3. The van der Waals surface area contributed by atoms with E-state index in [0.29, 0.717) is 5.70 Å². The summed E-state index contributed by atoms with van der Waals surface area (Å²) in [4.78, 5) is 23.7. The van der Waals surface area contributed by atoms with Crippen LogP contribution in [0.4, 0.5) is 0 Å². The Kier molecular flexibility index (Phi) is 11.1. The Hall–Kier alpha value is -3.24. The van der Waals surface area contributed by atoms with Gasteiger partial charge in [0, 0.05) is 17.8 Å². The van der Waals surface area contributed by atoms with Crippen LogP contribution < -0.4 is 10.6 Å². The van der Waals surface area contributed by atoms with E-state index in [1.165, 1.54) is 19.2 Å². The first-order valence-electron chi connectivity index (χ1n) is 10.2. The topological polar surface area (TPSA) is 164 Å². The molecule has 0 aliphatic rings. The molecule has 176 valence electrons. The molecule has 1 aromatic rings. The van der Waals surface area contributed by atoms with Crippen molar-refractivity contribution in [3.8, 4) is 0 Å². The lowest BCUT2D eigenvalue weighted by molar-refractivity contribution is -0.139. The van der Waals surface area contributed by atoms with E-state index in [9.17, 15) is 19.8 Å². The van der Waals surface area contributed by atoms with Crippen LogP contribution in [0.2, 0.25) is 0 Å². The van der Waals surface area contributed by atoms with Crippen molar-refractivity contribution in [2.75, 3.05) is 13.2 Å². The number of rotatable bonds is 13. The zero-order chi connectivity index (χ0) is 24.3. The molecule has 0 bridgehead atoms. The Morgan fingerprint density at radius 1 is 1.22 bits per heavy atom. The molecule has 0 saturated carbocycles. The Morgan fingerprint density at radius 2 is 1.84 bits per heavy atom. The first-order valence-corrected chi connectivity index (χ1v) is 10.2. The number of aliphatic hydroxyl groups excluding tert-OH is 2. The van der Waals surface area contributed by atoms with Gasteiger partial charge in [0.1, 0.15) is 17.9 Å². The van der Waals surface area contributed by atoms with E-state index >= 15 is 0 Å². The number of amides is 1. The molecule has 0 aliphatic carbocycles. The zero-order valence-electron chi connectivity index (χ0n) is 18.7. The molecule has 1 amide bonds. The van der Waals surface area contributed by atoms with Gasteiger partial charge in [0.25, 0.3) is 0 Å². The third kappa shape index (κ3) is 8.86. The van der Waals surface area contributed by atoms with E-state index in [4.69, 9.17) is 15.4 Å². The number of aryl methyl sites for hydroxylation is 1. The summed E-state index contributed by atoms with van der Waals surface area (Å²) in [7, 11) is 0. The highest BCUT2D eigenvalue weighted by Crippen LogP contribution is 2.15. The zero-order valence-corrected chi connectivity index (χ0v) is 18.7. The van der Waals surface area contributed by atoms with Crippen molar-refractivity contribution in [3.63, 3.8) is 0 Å². The van der Waals surface area contributed by atoms with Crippen LogP contribution in [0.1, 0.15) is 31.9 Å². The first kappa shape index (κ1) is 26.8. The molecule has 10 nitrogen and oxygen atoms in total. The fraction of sp³-hybridized carbons (Fsp3) is 0.455. The van der Waals surface area contributed by atoms with Crippen LogP contribution in [0, 0.1) is 18.4 Å². The Labute approximate surface area is 187 Å². The summed E-state index contributed by atoms with van der Waals surface area (Å²) in [5, 5.41) is 36.9. The maximum Gasteiger partial charge on any atom is 0.370 e. The number of nitrogens with zero attached hydrogens (tertiary/aromatic N) is 1. The van der Waals surface area contributed by atoms with Gasteiger partial charge in [0.05, 0.1) is 13.2 Å². The van der Waals surface area contributed by atoms with E-state index in [1.807, 2.05) is 31.2 Å². The molecule has 10 heteroatoms. The summed E-state index contributed by atoms with van der Waals surface area (Å²) in [6.45, 7) is 6.21. The highest BCUT2D eigenvalue weighted by atomic mass is 16.5. The van der Waals surface area contributed by atoms with Gasteiger partial charge in [-0.1, -0.05) is 36.8 Å². The maximum absolute atomic E-state index is 12.2. The van der Waals surface area contributed by atoms with Crippen LogP contribution in [0.3, 0.4) is 0 Å². The van der Waals surface area contributed by atoms with Crippen molar-refractivity contribution in [1.82, 2.24) is 10.6 Å². The number of carbonyl (C=O) groups excluding carboxylic acids is 1. The number of aliphatic hydroxyl groups is 2. The van der Waals surface area contributed by atoms with Gasteiger partial charge >= 0.3 is 5.97 Å². The highest BCUT2D eigenvalue weighted by molar-refractivity contribution is 5.84. The number of carbonyl (C=O) groups is 2. The molecular formula is C22H32N4O6. The molecule has 0 radical (unpaired) electrons. The molecule has 0 aliphatic heterocycles. The largest absolute Gasteiger partial charge is 0.481 e. The number of hydrogen-bond donors (Lipinski definition) is 6. The van der Waals surface area contributed by atoms with Gasteiger partial charge in [-0.15, -0.1) is 0 Å². The van der Waals surface area contributed by atoms with Gasteiger partial charge in [0.15, 0.2) is 0 Å². The molecule has 1 rings (SSSR count). The number of carboxylic acids is 1. The van der Waals surface area contributed by atoms with Crippen molar-refractivity contribution in [3.05, 3.63) is 53.4 Å².